The molecule has 25 heavy (non-hydrogen) atoms. The number of rotatable bonds is 5. The Hall–Kier alpha value is -2.99. The van der Waals surface area contributed by atoms with Crippen molar-refractivity contribution in [3.8, 4) is 5.75 Å². The zero-order chi connectivity index (χ0) is 17.6. The summed E-state index contributed by atoms with van der Waals surface area (Å²) >= 11 is 0. The molecule has 2 aromatic carbocycles. The molecule has 0 atom stereocenters. The maximum atomic E-state index is 12.1. The van der Waals surface area contributed by atoms with Gasteiger partial charge in [0.15, 0.2) is 0 Å². The van der Waals surface area contributed by atoms with Gasteiger partial charge in [0.1, 0.15) is 5.75 Å². The zero-order valence-corrected chi connectivity index (χ0v) is 13.9. The molecule has 0 spiro atoms. The molecule has 1 heterocycles. The number of nitrogens with zero attached hydrogens (tertiary/aromatic N) is 1. The van der Waals surface area contributed by atoms with E-state index in [1.807, 2.05) is 24.3 Å². The predicted molar refractivity (Wildman–Crippen MR) is 97.2 cm³/mol. The maximum absolute atomic E-state index is 12.1. The van der Waals surface area contributed by atoms with E-state index in [2.05, 4.69) is 22.3 Å². The molecule has 3 N–H and O–H groups in total. The van der Waals surface area contributed by atoms with E-state index in [-0.39, 0.29) is 11.3 Å². The number of phenolic OH excluding ortho intramolecular Hbond substituents is 1. The van der Waals surface area contributed by atoms with Crippen molar-refractivity contribution in [2.24, 2.45) is 0 Å². The van der Waals surface area contributed by atoms with Crippen LogP contribution in [0.15, 0.2) is 55.1 Å². The summed E-state index contributed by atoms with van der Waals surface area (Å²) in [5.41, 5.74) is 8.10. The van der Waals surface area contributed by atoms with Crippen LogP contribution in [0.2, 0.25) is 0 Å². The van der Waals surface area contributed by atoms with Gasteiger partial charge in [0, 0.05) is 18.8 Å². The van der Waals surface area contributed by atoms with Crippen molar-refractivity contribution in [2.75, 3.05) is 31.2 Å². The average molecular weight is 339 g/mol. The molecule has 2 aromatic rings. The number of nitrogens with one attached hydrogen (secondary N) is 2. The summed E-state index contributed by atoms with van der Waals surface area (Å²) in [5.74, 6) is -0.494. The molecule has 0 bridgehead atoms. The van der Waals surface area contributed by atoms with E-state index in [0.717, 1.165) is 37.6 Å². The van der Waals surface area contributed by atoms with Crippen molar-refractivity contribution in [1.29, 1.82) is 0 Å². The molecule has 130 valence electrons. The highest BCUT2D eigenvalue weighted by molar-refractivity contribution is 5.96. The van der Waals surface area contributed by atoms with Crippen LogP contribution in [0.4, 0.5) is 5.69 Å². The Labute approximate surface area is 146 Å². The lowest BCUT2D eigenvalue weighted by atomic mass is 10.1. The van der Waals surface area contributed by atoms with Gasteiger partial charge in [0.2, 0.25) is 0 Å². The number of hydrogen-bond donors (Lipinski definition) is 3. The number of carbonyl (C=O) groups excluding carboxylic acids is 1. The minimum absolute atomic E-state index is 0.0673. The Balaban J connectivity index is 1.58. The molecule has 0 aliphatic carbocycles. The number of morpholine rings is 1. The molecule has 1 saturated heterocycles. The number of benzene rings is 2. The number of phenols is 1. The topological polar surface area (TPSA) is 73.8 Å². The third-order valence-corrected chi connectivity index (χ3v) is 4.07. The lowest BCUT2D eigenvalue weighted by Crippen LogP contribution is -2.36. The molecule has 6 nitrogen and oxygen atoms in total. The first-order valence-corrected chi connectivity index (χ1v) is 8.11. The first-order chi connectivity index (χ1) is 12.1. The van der Waals surface area contributed by atoms with E-state index in [0.29, 0.717) is 5.70 Å². The standard InChI is InChI=1S/C19H21N3O3/c1-14(20-21-19(24)17-4-2-3-5-18(17)23)15-6-8-16(9-7-15)22-10-12-25-13-11-22/h2-9,20,23H,1,10-13H2,(H,21,24). The van der Waals surface area contributed by atoms with E-state index in [1.54, 1.807) is 18.2 Å². The van der Waals surface area contributed by atoms with E-state index in [1.165, 1.54) is 6.07 Å². The van der Waals surface area contributed by atoms with Gasteiger partial charge in [-0.15, -0.1) is 0 Å². The zero-order valence-electron chi connectivity index (χ0n) is 13.9. The number of para-hydroxylation sites is 1. The molecule has 1 fully saturated rings. The molecule has 0 aromatic heterocycles. The second-order valence-corrected chi connectivity index (χ2v) is 5.72. The fraction of sp³-hybridized carbons (Fsp3) is 0.211. The van der Waals surface area contributed by atoms with Crippen LogP contribution in [0.1, 0.15) is 15.9 Å². The first kappa shape index (κ1) is 16.9. The number of hydrogen-bond acceptors (Lipinski definition) is 5. The van der Waals surface area contributed by atoms with E-state index < -0.39 is 5.91 Å². The monoisotopic (exact) mass is 339 g/mol. The SMILES string of the molecule is C=C(NNC(=O)c1ccccc1O)c1ccc(N2CCOCC2)cc1. The van der Waals surface area contributed by atoms with Gasteiger partial charge < -0.3 is 14.7 Å². The minimum Gasteiger partial charge on any atom is -0.507 e. The number of anilines is 1. The lowest BCUT2D eigenvalue weighted by Gasteiger charge is -2.29. The molecule has 3 rings (SSSR count). The van der Waals surface area contributed by atoms with Gasteiger partial charge in [0.05, 0.1) is 24.5 Å². The molecule has 0 radical (unpaired) electrons. The molecule has 1 aliphatic heterocycles. The van der Waals surface area contributed by atoms with Gasteiger partial charge in [-0.1, -0.05) is 30.8 Å². The summed E-state index contributed by atoms with van der Waals surface area (Å²) in [6.45, 7) is 7.19. The second kappa shape index (κ2) is 7.72. The van der Waals surface area contributed by atoms with Crippen LogP contribution in [0.25, 0.3) is 5.70 Å². The maximum Gasteiger partial charge on any atom is 0.273 e. The van der Waals surface area contributed by atoms with Gasteiger partial charge in [-0.3, -0.25) is 15.6 Å². The van der Waals surface area contributed by atoms with Crippen LogP contribution in [-0.4, -0.2) is 37.3 Å². The highest BCUT2D eigenvalue weighted by Gasteiger charge is 2.12. The van der Waals surface area contributed by atoms with Crippen LogP contribution in [-0.2, 0) is 4.74 Å². The predicted octanol–water partition coefficient (Wildman–Crippen LogP) is 2.13. The smallest absolute Gasteiger partial charge is 0.273 e. The summed E-state index contributed by atoms with van der Waals surface area (Å²) in [4.78, 5) is 14.3. The van der Waals surface area contributed by atoms with Gasteiger partial charge >= 0.3 is 0 Å². The Bertz CT molecular complexity index is 753. The quantitative estimate of drug-likeness (QED) is 0.728. The third kappa shape index (κ3) is 4.10. The Morgan fingerprint density at radius 1 is 1.04 bits per heavy atom. The van der Waals surface area contributed by atoms with E-state index >= 15 is 0 Å². The van der Waals surface area contributed by atoms with Crippen LogP contribution in [0.3, 0.4) is 0 Å². The Kier molecular flexibility index (Phi) is 5.20. The number of aromatic hydroxyl groups is 1. The third-order valence-electron chi connectivity index (χ3n) is 4.07. The molecular formula is C19H21N3O3. The van der Waals surface area contributed by atoms with Crippen molar-refractivity contribution >= 4 is 17.3 Å². The van der Waals surface area contributed by atoms with E-state index in [4.69, 9.17) is 4.74 Å². The van der Waals surface area contributed by atoms with Crippen molar-refractivity contribution in [2.45, 2.75) is 0 Å². The summed E-state index contributed by atoms with van der Waals surface area (Å²) in [6, 6.07) is 14.3. The van der Waals surface area contributed by atoms with Crippen molar-refractivity contribution in [3.05, 3.63) is 66.2 Å². The Morgan fingerprint density at radius 2 is 1.72 bits per heavy atom. The van der Waals surface area contributed by atoms with Gasteiger partial charge in [-0.05, 0) is 29.8 Å². The molecule has 6 heteroatoms. The van der Waals surface area contributed by atoms with Gasteiger partial charge in [-0.25, -0.2) is 0 Å². The summed E-state index contributed by atoms with van der Waals surface area (Å²) in [6.07, 6.45) is 0. The number of carbonyl (C=O) groups is 1. The van der Waals surface area contributed by atoms with Crippen LogP contribution >= 0.6 is 0 Å². The summed E-state index contributed by atoms with van der Waals surface area (Å²) in [7, 11) is 0. The molecular weight excluding hydrogens is 318 g/mol. The first-order valence-electron chi connectivity index (χ1n) is 8.11. The van der Waals surface area contributed by atoms with Crippen LogP contribution in [0.5, 0.6) is 5.75 Å². The number of amides is 1. The summed E-state index contributed by atoms with van der Waals surface area (Å²) in [5, 5.41) is 9.69. The molecule has 1 aliphatic rings. The fourth-order valence-corrected chi connectivity index (χ4v) is 2.63. The second-order valence-electron chi connectivity index (χ2n) is 5.72. The highest BCUT2D eigenvalue weighted by Crippen LogP contribution is 2.19. The largest absolute Gasteiger partial charge is 0.507 e. The highest BCUT2D eigenvalue weighted by atomic mass is 16.5. The fourth-order valence-electron chi connectivity index (χ4n) is 2.63. The Morgan fingerprint density at radius 3 is 2.40 bits per heavy atom. The normalized spacial score (nSPS) is 14.0. The molecule has 1 amide bonds. The van der Waals surface area contributed by atoms with Crippen LogP contribution in [0, 0.1) is 0 Å². The minimum atomic E-state index is -0.427. The van der Waals surface area contributed by atoms with Crippen LogP contribution < -0.4 is 15.8 Å². The number of ether oxygens (including phenoxy) is 1. The molecule has 0 unspecified atom stereocenters. The van der Waals surface area contributed by atoms with Crippen molar-refractivity contribution in [3.63, 3.8) is 0 Å². The van der Waals surface area contributed by atoms with Crippen molar-refractivity contribution < 1.29 is 14.6 Å². The van der Waals surface area contributed by atoms with Gasteiger partial charge in [0.25, 0.3) is 5.91 Å². The lowest BCUT2D eigenvalue weighted by molar-refractivity contribution is 0.0940. The molecule has 0 saturated carbocycles. The van der Waals surface area contributed by atoms with Gasteiger partial charge in [-0.2, -0.15) is 0 Å². The van der Waals surface area contributed by atoms with Crippen molar-refractivity contribution in [1.82, 2.24) is 10.9 Å². The average Bonchev–Trinajstić information content (AvgIpc) is 2.67. The number of hydrazine groups is 1. The summed E-state index contributed by atoms with van der Waals surface area (Å²) < 4.78 is 5.36. The van der Waals surface area contributed by atoms with E-state index in [9.17, 15) is 9.90 Å².